The average molecular weight is 464 g/mol. The number of aromatic nitrogens is 1. The van der Waals surface area contributed by atoms with Crippen LogP contribution in [-0.2, 0) is 14.3 Å². The number of aliphatic hydroxyl groups excluding tert-OH is 1. The lowest BCUT2D eigenvalue weighted by Crippen LogP contribution is -2.29. The molecule has 0 aliphatic carbocycles. The van der Waals surface area contributed by atoms with Crippen molar-refractivity contribution in [3.63, 3.8) is 0 Å². The van der Waals surface area contributed by atoms with Crippen molar-refractivity contribution in [2.24, 2.45) is 0 Å². The van der Waals surface area contributed by atoms with Crippen LogP contribution >= 0.6 is 11.3 Å². The summed E-state index contributed by atoms with van der Waals surface area (Å²) < 4.78 is 10.0. The zero-order valence-corrected chi connectivity index (χ0v) is 18.9. The van der Waals surface area contributed by atoms with Crippen LogP contribution in [0.2, 0.25) is 0 Å². The molecule has 1 atom stereocenters. The van der Waals surface area contributed by atoms with Gasteiger partial charge in [-0.1, -0.05) is 53.8 Å². The van der Waals surface area contributed by atoms with Gasteiger partial charge >= 0.3 is 11.9 Å². The highest BCUT2D eigenvalue weighted by molar-refractivity contribution is 7.17. The minimum Gasteiger partial charge on any atom is -0.507 e. The van der Waals surface area contributed by atoms with Crippen LogP contribution in [-0.4, -0.2) is 42.0 Å². The van der Waals surface area contributed by atoms with Crippen LogP contribution in [0.25, 0.3) is 5.76 Å². The van der Waals surface area contributed by atoms with Crippen molar-refractivity contribution in [2.75, 3.05) is 19.1 Å². The maximum Gasteiger partial charge on any atom is 0.350 e. The fraction of sp³-hybridized carbons (Fsp3) is 0.167. The summed E-state index contributed by atoms with van der Waals surface area (Å²) in [6.07, 6.45) is 0. The van der Waals surface area contributed by atoms with Gasteiger partial charge in [0.15, 0.2) is 5.13 Å². The maximum atomic E-state index is 13.2. The van der Waals surface area contributed by atoms with Crippen molar-refractivity contribution in [1.29, 1.82) is 0 Å². The van der Waals surface area contributed by atoms with E-state index in [2.05, 4.69) is 4.98 Å². The molecule has 0 spiro atoms. The molecule has 1 fully saturated rings. The number of hydrogen-bond donors (Lipinski definition) is 1. The predicted molar refractivity (Wildman–Crippen MR) is 122 cm³/mol. The highest BCUT2D eigenvalue weighted by Gasteiger charge is 2.48. The van der Waals surface area contributed by atoms with Gasteiger partial charge in [0.2, 0.25) is 0 Å². The standard InChI is InChI=1S/C24H20N2O6S/c1-13-21(23(30)32-3)33-24(25-13)26-18(14-9-11-16(31-2)12-10-14)17(20(28)22(26)29)19(27)15-7-5-4-6-8-15/h4-12,18,27H,1-3H3/t18-/m0/s1. The quantitative estimate of drug-likeness (QED) is 0.264. The number of carbonyl (C=O) groups excluding carboxylic acids is 3. The summed E-state index contributed by atoms with van der Waals surface area (Å²) in [6.45, 7) is 1.62. The Hall–Kier alpha value is -3.98. The number of esters is 1. The molecule has 3 aromatic rings. The number of aryl methyl sites for hydroxylation is 1. The summed E-state index contributed by atoms with van der Waals surface area (Å²) in [6, 6.07) is 14.4. The van der Waals surface area contributed by atoms with Crippen LogP contribution in [0.1, 0.15) is 32.5 Å². The Bertz CT molecular complexity index is 1260. The first-order valence-corrected chi connectivity index (χ1v) is 10.7. The number of anilines is 1. The molecule has 1 amide bonds. The highest BCUT2D eigenvalue weighted by atomic mass is 32.1. The lowest BCUT2D eigenvalue weighted by atomic mass is 9.95. The minimum absolute atomic E-state index is 0.0659. The van der Waals surface area contributed by atoms with Gasteiger partial charge < -0.3 is 14.6 Å². The van der Waals surface area contributed by atoms with E-state index >= 15 is 0 Å². The first-order chi connectivity index (χ1) is 15.9. The average Bonchev–Trinajstić information content (AvgIpc) is 3.35. The summed E-state index contributed by atoms with van der Waals surface area (Å²) in [5, 5.41) is 11.2. The summed E-state index contributed by atoms with van der Waals surface area (Å²) in [4.78, 5) is 44.2. The third-order valence-corrected chi connectivity index (χ3v) is 6.42. The van der Waals surface area contributed by atoms with Crippen molar-refractivity contribution in [3.8, 4) is 5.75 Å². The van der Waals surface area contributed by atoms with E-state index in [1.165, 1.54) is 19.1 Å². The molecule has 1 aliphatic rings. The van der Waals surface area contributed by atoms with Gasteiger partial charge in [-0.2, -0.15) is 0 Å². The second-order valence-electron chi connectivity index (χ2n) is 7.21. The van der Waals surface area contributed by atoms with Gasteiger partial charge in [0.05, 0.1) is 31.5 Å². The first-order valence-electron chi connectivity index (χ1n) is 9.93. The molecule has 168 valence electrons. The Kier molecular flexibility index (Phi) is 5.97. The Balaban J connectivity index is 1.92. The zero-order chi connectivity index (χ0) is 23.7. The van der Waals surface area contributed by atoms with Crippen LogP contribution in [0.4, 0.5) is 5.13 Å². The molecule has 0 unspecified atom stereocenters. The van der Waals surface area contributed by atoms with Crippen molar-refractivity contribution in [1.82, 2.24) is 4.98 Å². The van der Waals surface area contributed by atoms with Gasteiger partial charge in [0.25, 0.3) is 5.78 Å². The largest absolute Gasteiger partial charge is 0.507 e. The highest BCUT2D eigenvalue weighted by Crippen LogP contribution is 2.44. The summed E-state index contributed by atoms with van der Waals surface area (Å²) in [5.74, 6) is -1.98. The molecule has 1 N–H and O–H groups in total. The SMILES string of the molecule is COC(=O)c1sc(N2C(=O)C(=O)C(=C(O)c3ccccc3)[C@@H]2c2ccc(OC)cc2)nc1C. The van der Waals surface area contributed by atoms with Crippen molar-refractivity contribution >= 4 is 39.9 Å². The van der Waals surface area contributed by atoms with Gasteiger partial charge in [-0.15, -0.1) is 0 Å². The molecule has 9 heteroatoms. The summed E-state index contributed by atoms with van der Waals surface area (Å²) in [5.41, 5.74) is 1.28. The third-order valence-electron chi connectivity index (χ3n) is 5.29. The molecule has 4 rings (SSSR count). The van der Waals surface area contributed by atoms with E-state index in [4.69, 9.17) is 9.47 Å². The second-order valence-corrected chi connectivity index (χ2v) is 8.19. The van der Waals surface area contributed by atoms with Gasteiger partial charge in [0, 0.05) is 5.56 Å². The van der Waals surface area contributed by atoms with E-state index in [-0.39, 0.29) is 21.3 Å². The van der Waals surface area contributed by atoms with Crippen LogP contribution in [0.5, 0.6) is 5.75 Å². The van der Waals surface area contributed by atoms with E-state index in [0.29, 0.717) is 22.6 Å². The van der Waals surface area contributed by atoms with Crippen molar-refractivity contribution in [2.45, 2.75) is 13.0 Å². The number of methoxy groups -OCH3 is 2. The molecule has 1 aromatic heterocycles. The lowest BCUT2D eigenvalue weighted by Gasteiger charge is -2.23. The van der Waals surface area contributed by atoms with Gasteiger partial charge in [0.1, 0.15) is 16.4 Å². The van der Waals surface area contributed by atoms with E-state index in [9.17, 15) is 19.5 Å². The number of Topliss-reactive ketones (excluding diaryl/α,β-unsaturated/α-hetero) is 1. The number of thiazole rings is 1. The topological polar surface area (TPSA) is 106 Å². The molecular formula is C24H20N2O6S. The van der Waals surface area contributed by atoms with E-state index in [1.807, 2.05) is 0 Å². The van der Waals surface area contributed by atoms with E-state index in [0.717, 1.165) is 11.3 Å². The molecule has 2 heterocycles. The molecule has 0 saturated carbocycles. The molecule has 1 saturated heterocycles. The molecule has 33 heavy (non-hydrogen) atoms. The van der Waals surface area contributed by atoms with Crippen LogP contribution < -0.4 is 9.64 Å². The number of ether oxygens (including phenoxy) is 2. The minimum atomic E-state index is -0.952. The molecule has 0 bridgehead atoms. The van der Waals surface area contributed by atoms with Crippen LogP contribution in [0.3, 0.4) is 0 Å². The summed E-state index contributed by atoms with van der Waals surface area (Å²) in [7, 11) is 2.79. The third kappa shape index (κ3) is 3.87. The monoisotopic (exact) mass is 464 g/mol. The number of benzene rings is 2. The van der Waals surface area contributed by atoms with Gasteiger partial charge in [-0.25, -0.2) is 9.78 Å². The predicted octanol–water partition coefficient (Wildman–Crippen LogP) is 3.87. The smallest absolute Gasteiger partial charge is 0.350 e. The Morgan fingerprint density at radius 1 is 1.06 bits per heavy atom. The van der Waals surface area contributed by atoms with Crippen LogP contribution in [0, 0.1) is 6.92 Å². The number of rotatable bonds is 5. The fourth-order valence-electron chi connectivity index (χ4n) is 3.65. The van der Waals surface area contributed by atoms with E-state index < -0.39 is 23.7 Å². The first kappa shape index (κ1) is 22.2. The number of nitrogens with zero attached hydrogens (tertiary/aromatic N) is 2. The Morgan fingerprint density at radius 2 is 1.73 bits per heavy atom. The number of amides is 1. The van der Waals surface area contributed by atoms with Crippen molar-refractivity contribution in [3.05, 3.63) is 81.9 Å². The molecule has 8 nitrogen and oxygen atoms in total. The second kappa shape index (κ2) is 8.87. The Morgan fingerprint density at radius 3 is 2.33 bits per heavy atom. The molecule has 0 radical (unpaired) electrons. The molecule has 2 aromatic carbocycles. The van der Waals surface area contributed by atoms with Gasteiger partial charge in [-0.3, -0.25) is 14.5 Å². The normalized spacial score (nSPS) is 17.3. The van der Waals surface area contributed by atoms with Crippen molar-refractivity contribution < 1.29 is 29.0 Å². The maximum absolute atomic E-state index is 13.2. The number of aliphatic hydroxyl groups is 1. The number of ketones is 1. The molecular weight excluding hydrogens is 444 g/mol. The fourth-order valence-corrected chi connectivity index (χ4v) is 4.66. The lowest BCUT2D eigenvalue weighted by molar-refractivity contribution is -0.132. The zero-order valence-electron chi connectivity index (χ0n) is 18.1. The number of carbonyl (C=O) groups is 3. The van der Waals surface area contributed by atoms with Crippen LogP contribution in [0.15, 0.2) is 60.2 Å². The Labute approximate surface area is 193 Å². The number of hydrogen-bond acceptors (Lipinski definition) is 8. The summed E-state index contributed by atoms with van der Waals surface area (Å²) >= 11 is 0.949. The van der Waals surface area contributed by atoms with Gasteiger partial charge in [-0.05, 0) is 24.6 Å². The molecule has 1 aliphatic heterocycles. The van der Waals surface area contributed by atoms with E-state index in [1.54, 1.807) is 61.5 Å².